The average molecular weight is 295 g/mol. The van der Waals surface area contributed by atoms with Gasteiger partial charge in [-0.1, -0.05) is 12.6 Å². The lowest BCUT2D eigenvalue weighted by Gasteiger charge is -2.24. The van der Waals surface area contributed by atoms with Gasteiger partial charge in [-0.05, 0) is 62.4 Å². The van der Waals surface area contributed by atoms with Crippen LogP contribution in [0.5, 0.6) is 0 Å². The maximum Gasteiger partial charge on any atom is 0.330 e. The first-order valence-corrected chi connectivity index (χ1v) is 7.14. The van der Waals surface area contributed by atoms with E-state index in [1.165, 1.54) is 28.3 Å². The number of alkyl halides is 1. The fourth-order valence-corrected chi connectivity index (χ4v) is 2.65. The Kier molecular flexibility index (Phi) is 5.41. The van der Waals surface area contributed by atoms with E-state index < -0.39 is 0 Å². The molecule has 0 unspecified atom stereocenters. The number of carbonyl (C=O) groups is 1. The second-order valence-corrected chi connectivity index (χ2v) is 6.51. The SMILES string of the molecule is C=CC(=O)OCCc1c(C)cc(C(C)(C)Cl)c(C)c1C. The molecule has 1 aromatic rings. The summed E-state index contributed by atoms with van der Waals surface area (Å²) < 4.78 is 5.06. The van der Waals surface area contributed by atoms with Crippen LogP contribution >= 0.6 is 11.6 Å². The van der Waals surface area contributed by atoms with Gasteiger partial charge in [-0.3, -0.25) is 0 Å². The van der Waals surface area contributed by atoms with E-state index in [0.29, 0.717) is 13.0 Å². The highest BCUT2D eigenvalue weighted by Crippen LogP contribution is 2.34. The first kappa shape index (κ1) is 16.8. The molecular weight excluding hydrogens is 272 g/mol. The van der Waals surface area contributed by atoms with Crippen LogP contribution in [-0.2, 0) is 20.8 Å². The van der Waals surface area contributed by atoms with E-state index >= 15 is 0 Å². The minimum Gasteiger partial charge on any atom is -0.462 e. The van der Waals surface area contributed by atoms with Crippen molar-refractivity contribution in [3.8, 4) is 0 Å². The first-order valence-electron chi connectivity index (χ1n) is 6.76. The monoisotopic (exact) mass is 294 g/mol. The van der Waals surface area contributed by atoms with E-state index in [-0.39, 0.29) is 10.8 Å². The number of esters is 1. The van der Waals surface area contributed by atoms with Crippen LogP contribution < -0.4 is 0 Å². The molecule has 1 aromatic carbocycles. The lowest BCUT2D eigenvalue weighted by Crippen LogP contribution is -2.14. The minimum atomic E-state index is -0.382. The van der Waals surface area contributed by atoms with Gasteiger partial charge in [0, 0.05) is 12.5 Å². The zero-order chi connectivity index (χ0) is 15.5. The molecule has 0 aliphatic carbocycles. The molecule has 0 aliphatic rings. The molecule has 3 heteroatoms. The number of ether oxygens (including phenoxy) is 1. The van der Waals surface area contributed by atoms with Crippen molar-refractivity contribution in [3.05, 3.63) is 46.5 Å². The summed E-state index contributed by atoms with van der Waals surface area (Å²) in [4.78, 5) is 10.7. The molecule has 0 heterocycles. The van der Waals surface area contributed by atoms with Crippen molar-refractivity contribution in [2.75, 3.05) is 6.61 Å². The van der Waals surface area contributed by atoms with Crippen LogP contribution in [0.15, 0.2) is 18.7 Å². The Morgan fingerprint density at radius 1 is 1.35 bits per heavy atom. The van der Waals surface area contributed by atoms with Gasteiger partial charge in [-0.15, -0.1) is 11.6 Å². The Labute approximate surface area is 126 Å². The van der Waals surface area contributed by atoms with Gasteiger partial charge in [0.15, 0.2) is 0 Å². The molecule has 0 amide bonds. The smallest absolute Gasteiger partial charge is 0.330 e. The molecule has 1 rings (SSSR count). The highest BCUT2D eigenvalue weighted by atomic mass is 35.5. The minimum absolute atomic E-state index is 0.371. The molecule has 0 N–H and O–H groups in total. The number of carbonyl (C=O) groups excluding carboxylic acids is 1. The summed E-state index contributed by atoms with van der Waals surface area (Å²) in [5.41, 5.74) is 6.00. The van der Waals surface area contributed by atoms with Gasteiger partial charge in [-0.25, -0.2) is 4.79 Å². The lowest BCUT2D eigenvalue weighted by molar-refractivity contribution is -0.137. The van der Waals surface area contributed by atoms with Crippen molar-refractivity contribution in [3.63, 3.8) is 0 Å². The zero-order valence-electron chi connectivity index (χ0n) is 13.0. The largest absolute Gasteiger partial charge is 0.462 e. The Morgan fingerprint density at radius 2 is 1.95 bits per heavy atom. The number of aryl methyl sites for hydroxylation is 1. The molecule has 20 heavy (non-hydrogen) atoms. The molecule has 0 saturated carbocycles. The predicted octanol–water partition coefficient (Wildman–Crippen LogP) is 4.36. The van der Waals surface area contributed by atoms with E-state index in [2.05, 4.69) is 33.4 Å². The quantitative estimate of drug-likeness (QED) is 0.458. The van der Waals surface area contributed by atoms with E-state index in [4.69, 9.17) is 16.3 Å². The summed E-state index contributed by atoms with van der Waals surface area (Å²) in [6.45, 7) is 14.0. The van der Waals surface area contributed by atoms with Gasteiger partial charge >= 0.3 is 5.97 Å². The Hall–Kier alpha value is -1.28. The lowest BCUT2D eigenvalue weighted by atomic mass is 9.87. The summed E-state index contributed by atoms with van der Waals surface area (Å²) in [7, 11) is 0. The van der Waals surface area contributed by atoms with Gasteiger partial charge in [0.2, 0.25) is 0 Å². The van der Waals surface area contributed by atoms with E-state index in [9.17, 15) is 4.79 Å². The molecular formula is C17H23ClO2. The highest BCUT2D eigenvalue weighted by molar-refractivity contribution is 6.23. The van der Waals surface area contributed by atoms with Crippen LogP contribution in [0.3, 0.4) is 0 Å². The van der Waals surface area contributed by atoms with Crippen LogP contribution in [0, 0.1) is 20.8 Å². The van der Waals surface area contributed by atoms with Gasteiger partial charge in [0.25, 0.3) is 0 Å². The van der Waals surface area contributed by atoms with E-state index in [0.717, 1.165) is 5.56 Å². The van der Waals surface area contributed by atoms with Crippen LogP contribution in [0.1, 0.15) is 41.7 Å². The summed E-state index contributed by atoms with van der Waals surface area (Å²) in [5.74, 6) is -0.379. The summed E-state index contributed by atoms with van der Waals surface area (Å²) in [5, 5.41) is 0. The molecule has 0 radical (unpaired) electrons. The number of hydrogen-bond donors (Lipinski definition) is 0. The predicted molar refractivity (Wildman–Crippen MR) is 84.4 cm³/mol. The maximum atomic E-state index is 11.1. The number of hydrogen-bond acceptors (Lipinski definition) is 2. The molecule has 0 aromatic heterocycles. The molecule has 0 fully saturated rings. The Bertz CT molecular complexity index is 525. The molecule has 0 aliphatic heterocycles. The van der Waals surface area contributed by atoms with Crippen molar-refractivity contribution in [1.82, 2.24) is 0 Å². The van der Waals surface area contributed by atoms with Crippen molar-refractivity contribution < 1.29 is 9.53 Å². The van der Waals surface area contributed by atoms with Gasteiger partial charge in [-0.2, -0.15) is 0 Å². The van der Waals surface area contributed by atoms with E-state index in [1.54, 1.807) is 0 Å². The third-order valence-electron chi connectivity index (χ3n) is 3.66. The van der Waals surface area contributed by atoms with Crippen LogP contribution in [0.4, 0.5) is 0 Å². The van der Waals surface area contributed by atoms with Crippen molar-refractivity contribution in [2.24, 2.45) is 0 Å². The molecule has 0 bridgehead atoms. The topological polar surface area (TPSA) is 26.3 Å². The van der Waals surface area contributed by atoms with Crippen LogP contribution in [0.25, 0.3) is 0 Å². The summed E-state index contributed by atoms with van der Waals surface area (Å²) >= 11 is 6.44. The van der Waals surface area contributed by atoms with Crippen LogP contribution in [0.2, 0.25) is 0 Å². The number of benzene rings is 1. The average Bonchev–Trinajstić information content (AvgIpc) is 2.36. The van der Waals surface area contributed by atoms with Gasteiger partial charge < -0.3 is 4.74 Å². The molecule has 0 saturated heterocycles. The molecule has 110 valence electrons. The maximum absolute atomic E-state index is 11.1. The zero-order valence-corrected chi connectivity index (χ0v) is 13.7. The number of rotatable bonds is 5. The van der Waals surface area contributed by atoms with Crippen molar-refractivity contribution >= 4 is 17.6 Å². The van der Waals surface area contributed by atoms with Gasteiger partial charge in [0.1, 0.15) is 0 Å². The highest BCUT2D eigenvalue weighted by Gasteiger charge is 2.22. The second kappa shape index (κ2) is 6.45. The Morgan fingerprint density at radius 3 is 2.45 bits per heavy atom. The first-order chi connectivity index (χ1) is 9.18. The van der Waals surface area contributed by atoms with Crippen LogP contribution in [-0.4, -0.2) is 12.6 Å². The van der Waals surface area contributed by atoms with Gasteiger partial charge in [0.05, 0.1) is 11.5 Å². The molecule has 0 atom stereocenters. The van der Waals surface area contributed by atoms with Crippen molar-refractivity contribution in [1.29, 1.82) is 0 Å². The third-order valence-corrected chi connectivity index (χ3v) is 3.86. The standard InChI is InChI=1S/C17H23ClO2/c1-7-16(19)20-9-8-14-11(2)10-15(17(5,6)18)13(4)12(14)3/h7,10H,1,8-9H2,2-6H3. The summed E-state index contributed by atoms with van der Waals surface area (Å²) in [6.07, 6.45) is 1.89. The van der Waals surface area contributed by atoms with E-state index in [1.807, 2.05) is 13.8 Å². The Balaban J connectivity index is 3.02. The van der Waals surface area contributed by atoms with Crippen molar-refractivity contribution in [2.45, 2.75) is 45.9 Å². The molecule has 0 spiro atoms. The fraction of sp³-hybridized carbons (Fsp3) is 0.471. The third kappa shape index (κ3) is 3.86. The summed E-state index contributed by atoms with van der Waals surface area (Å²) in [6, 6.07) is 2.14. The fourth-order valence-electron chi connectivity index (χ4n) is 2.45. The number of halogens is 1. The normalized spacial score (nSPS) is 11.3. The second-order valence-electron chi connectivity index (χ2n) is 5.56. The molecule has 2 nitrogen and oxygen atoms in total.